The molecule has 2 unspecified atom stereocenters. The van der Waals surface area contributed by atoms with Gasteiger partial charge in [-0.15, -0.1) is 24.0 Å². The molecule has 132 valence electrons. The number of ether oxygens (including phenoxy) is 1. The van der Waals surface area contributed by atoms with Crippen LogP contribution in [0.4, 0.5) is 0 Å². The van der Waals surface area contributed by atoms with Crippen LogP contribution < -0.4 is 10.6 Å². The molecule has 0 aromatic rings. The highest BCUT2D eigenvalue weighted by molar-refractivity contribution is 14.0. The number of nitrogens with one attached hydrogen (secondary N) is 2. The van der Waals surface area contributed by atoms with Crippen LogP contribution in [-0.2, 0) is 4.74 Å². The Bertz CT molecular complexity index is 302. The number of halogens is 1. The van der Waals surface area contributed by atoms with Gasteiger partial charge in [0.1, 0.15) is 0 Å². The number of hydrogen-bond donors (Lipinski definition) is 2. The van der Waals surface area contributed by atoms with Crippen LogP contribution >= 0.6 is 24.0 Å². The maximum Gasteiger partial charge on any atom is 0.191 e. The second-order valence-electron chi connectivity index (χ2n) is 5.86. The SMILES string of the molecule is CCCCCNC(=NCC(C)N1CCOCC1C)NCC.I. The summed E-state index contributed by atoms with van der Waals surface area (Å²) >= 11 is 0. The quantitative estimate of drug-likeness (QED) is 0.271. The first-order valence-electron chi connectivity index (χ1n) is 8.54. The molecule has 1 aliphatic rings. The molecule has 22 heavy (non-hydrogen) atoms. The molecule has 1 heterocycles. The van der Waals surface area contributed by atoms with Gasteiger partial charge in [0.2, 0.25) is 0 Å². The average molecular weight is 426 g/mol. The average Bonchev–Trinajstić information content (AvgIpc) is 2.49. The molecule has 1 aliphatic heterocycles. The zero-order valence-corrected chi connectivity index (χ0v) is 17.1. The van der Waals surface area contributed by atoms with E-state index in [-0.39, 0.29) is 24.0 Å². The molecular weight excluding hydrogens is 391 g/mol. The lowest BCUT2D eigenvalue weighted by atomic mass is 10.2. The van der Waals surface area contributed by atoms with Crippen molar-refractivity contribution in [2.24, 2.45) is 4.99 Å². The summed E-state index contributed by atoms with van der Waals surface area (Å²) < 4.78 is 5.50. The van der Waals surface area contributed by atoms with Gasteiger partial charge in [0, 0.05) is 31.7 Å². The summed E-state index contributed by atoms with van der Waals surface area (Å²) in [4.78, 5) is 7.23. The molecule has 0 bridgehead atoms. The third-order valence-electron chi connectivity index (χ3n) is 3.92. The molecule has 0 aliphatic carbocycles. The van der Waals surface area contributed by atoms with Crippen LogP contribution in [0, 0.1) is 0 Å². The van der Waals surface area contributed by atoms with Crippen molar-refractivity contribution < 1.29 is 4.74 Å². The highest BCUT2D eigenvalue weighted by Gasteiger charge is 2.23. The molecule has 1 fully saturated rings. The van der Waals surface area contributed by atoms with Gasteiger partial charge in [-0.05, 0) is 27.2 Å². The Morgan fingerprint density at radius 1 is 1.32 bits per heavy atom. The molecule has 2 atom stereocenters. The summed E-state index contributed by atoms with van der Waals surface area (Å²) in [5.41, 5.74) is 0. The highest BCUT2D eigenvalue weighted by atomic mass is 127. The summed E-state index contributed by atoms with van der Waals surface area (Å²) in [7, 11) is 0. The van der Waals surface area contributed by atoms with Crippen molar-refractivity contribution in [2.45, 2.75) is 59.0 Å². The van der Waals surface area contributed by atoms with E-state index < -0.39 is 0 Å². The number of nitrogens with zero attached hydrogens (tertiary/aromatic N) is 2. The second-order valence-corrected chi connectivity index (χ2v) is 5.86. The lowest BCUT2D eigenvalue weighted by molar-refractivity contribution is -0.0165. The topological polar surface area (TPSA) is 48.9 Å². The Balaban J connectivity index is 0.00000441. The first-order valence-corrected chi connectivity index (χ1v) is 8.54. The van der Waals surface area contributed by atoms with Crippen molar-refractivity contribution in [3.8, 4) is 0 Å². The zero-order valence-electron chi connectivity index (χ0n) is 14.7. The van der Waals surface area contributed by atoms with Crippen LogP contribution in [0.5, 0.6) is 0 Å². The summed E-state index contributed by atoms with van der Waals surface area (Å²) in [6, 6.07) is 0.944. The summed E-state index contributed by atoms with van der Waals surface area (Å²) in [6.45, 7) is 14.2. The predicted octanol–water partition coefficient (Wildman–Crippen LogP) is 2.46. The molecule has 0 radical (unpaired) electrons. The van der Waals surface area contributed by atoms with E-state index in [1.54, 1.807) is 0 Å². The fraction of sp³-hybridized carbons (Fsp3) is 0.938. The molecule has 0 saturated carbocycles. The minimum atomic E-state index is 0. The Hall–Kier alpha value is -0.0800. The van der Waals surface area contributed by atoms with E-state index >= 15 is 0 Å². The van der Waals surface area contributed by atoms with E-state index in [1.807, 2.05) is 0 Å². The summed E-state index contributed by atoms with van der Waals surface area (Å²) in [5, 5.41) is 6.75. The highest BCUT2D eigenvalue weighted by Crippen LogP contribution is 2.10. The van der Waals surface area contributed by atoms with Crippen molar-refractivity contribution in [1.29, 1.82) is 0 Å². The van der Waals surface area contributed by atoms with Crippen LogP contribution in [0.3, 0.4) is 0 Å². The Morgan fingerprint density at radius 3 is 2.73 bits per heavy atom. The fourth-order valence-corrected chi connectivity index (χ4v) is 2.65. The minimum Gasteiger partial charge on any atom is -0.379 e. The van der Waals surface area contributed by atoms with Crippen molar-refractivity contribution >= 4 is 29.9 Å². The first kappa shape index (κ1) is 21.9. The standard InChI is InChI=1S/C16H34N4O.HI/c1-5-7-8-9-18-16(17-6-2)19-12-14(3)20-10-11-21-13-15(20)4;/h14-15H,5-13H2,1-4H3,(H2,17,18,19);1H. The van der Waals surface area contributed by atoms with E-state index in [4.69, 9.17) is 9.73 Å². The van der Waals surface area contributed by atoms with Gasteiger partial charge in [-0.3, -0.25) is 9.89 Å². The number of aliphatic imine (C=N–C) groups is 1. The van der Waals surface area contributed by atoms with Crippen LogP contribution in [0.15, 0.2) is 4.99 Å². The Morgan fingerprint density at radius 2 is 2.09 bits per heavy atom. The van der Waals surface area contributed by atoms with E-state index in [0.29, 0.717) is 12.1 Å². The normalized spacial score (nSPS) is 21.1. The van der Waals surface area contributed by atoms with Crippen molar-refractivity contribution in [3.05, 3.63) is 0 Å². The molecule has 0 amide bonds. The van der Waals surface area contributed by atoms with Gasteiger partial charge in [-0.1, -0.05) is 19.8 Å². The third-order valence-corrected chi connectivity index (χ3v) is 3.92. The lowest BCUT2D eigenvalue weighted by Crippen LogP contribution is -2.49. The largest absolute Gasteiger partial charge is 0.379 e. The van der Waals surface area contributed by atoms with Gasteiger partial charge >= 0.3 is 0 Å². The smallest absolute Gasteiger partial charge is 0.191 e. The predicted molar refractivity (Wildman–Crippen MR) is 105 cm³/mol. The van der Waals surface area contributed by atoms with Gasteiger partial charge in [-0.25, -0.2) is 0 Å². The first-order chi connectivity index (χ1) is 10.2. The van der Waals surface area contributed by atoms with Crippen molar-refractivity contribution in [2.75, 3.05) is 39.4 Å². The molecule has 1 saturated heterocycles. The monoisotopic (exact) mass is 426 g/mol. The van der Waals surface area contributed by atoms with Crippen molar-refractivity contribution in [3.63, 3.8) is 0 Å². The molecule has 2 N–H and O–H groups in total. The molecule has 1 rings (SSSR count). The molecule has 0 spiro atoms. The maximum absolute atomic E-state index is 5.50. The Kier molecular flexibility index (Phi) is 13.3. The Labute approximate surface area is 153 Å². The van der Waals surface area contributed by atoms with Gasteiger partial charge in [0.05, 0.1) is 19.8 Å². The summed E-state index contributed by atoms with van der Waals surface area (Å²) in [6.07, 6.45) is 3.73. The lowest BCUT2D eigenvalue weighted by Gasteiger charge is -2.37. The number of hydrogen-bond acceptors (Lipinski definition) is 3. The summed E-state index contributed by atoms with van der Waals surface area (Å²) in [5.74, 6) is 0.946. The molecular formula is C16H35IN4O. The number of guanidine groups is 1. The molecule has 0 aromatic carbocycles. The van der Waals surface area contributed by atoms with E-state index in [1.165, 1.54) is 19.3 Å². The zero-order chi connectivity index (χ0) is 15.5. The second kappa shape index (κ2) is 13.4. The van der Waals surface area contributed by atoms with Crippen LogP contribution in [0.25, 0.3) is 0 Å². The van der Waals surface area contributed by atoms with Gasteiger partial charge in [0.15, 0.2) is 5.96 Å². The number of morpholine rings is 1. The van der Waals surface area contributed by atoms with Crippen LogP contribution in [-0.4, -0.2) is 62.3 Å². The van der Waals surface area contributed by atoms with Crippen LogP contribution in [0.1, 0.15) is 47.0 Å². The molecule has 5 nitrogen and oxygen atoms in total. The van der Waals surface area contributed by atoms with Gasteiger partial charge in [-0.2, -0.15) is 0 Å². The maximum atomic E-state index is 5.50. The third kappa shape index (κ3) is 8.53. The van der Waals surface area contributed by atoms with E-state index in [9.17, 15) is 0 Å². The number of rotatable bonds is 8. The van der Waals surface area contributed by atoms with Gasteiger partial charge in [0.25, 0.3) is 0 Å². The van der Waals surface area contributed by atoms with Gasteiger partial charge < -0.3 is 15.4 Å². The van der Waals surface area contributed by atoms with Crippen molar-refractivity contribution in [1.82, 2.24) is 15.5 Å². The molecule has 0 aromatic heterocycles. The molecule has 6 heteroatoms. The van der Waals surface area contributed by atoms with E-state index in [0.717, 1.165) is 45.4 Å². The van der Waals surface area contributed by atoms with Crippen LogP contribution in [0.2, 0.25) is 0 Å². The minimum absolute atomic E-state index is 0. The fourth-order valence-electron chi connectivity index (χ4n) is 2.65. The van der Waals surface area contributed by atoms with E-state index in [2.05, 4.69) is 43.2 Å². The number of unbranched alkanes of at least 4 members (excludes halogenated alkanes) is 2.